The minimum Gasteiger partial charge on any atom is -0.462 e. The second-order valence-corrected chi connectivity index (χ2v) is 13.4. The number of rotatable bonds is 36. The monoisotopic (exact) mass is 649 g/mol. The van der Waals surface area contributed by atoms with Gasteiger partial charge in [0.1, 0.15) is 6.61 Å². The van der Waals surface area contributed by atoms with E-state index in [4.69, 9.17) is 9.47 Å². The summed E-state index contributed by atoms with van der Waals surface area (Å²) in [6, 6.07) is 0. The van der Waals surface area contributed by atoms with Gasteiger partial charge in [0, 0.05) is 12.8 Å². The van der Waals surface area contributed by atoms with Gasteiger partial charge in [-0.25, -0.2) is 0 Å². The predicted octanol–water partition coefficient (Wildman–Crippen LogP) is 12.3. The van der Waals surface area contributed by atoms with Gasteiger partial charge in [0.05, 0.1) is 6.61 Å². The lowest BCUT2D eigenvalue weighted by Crippen LogP contribution is -2.28. The van der Waals surface area contributed by atoms with Crippen LogP contribution in [0.4, 0.5) is 0 Å². The molecule has 5 heteroatoms. The van der Waals surface area contributed by atoms with Gasteiger partial charge >= 0.3 is 11.9 Å². The van der Waals surface area contributed by atoms with Crippen molar-refractivity contribution in [3.05, 3.63) is 24.3 Å². The molecule has 0 bridgehead atoms. The third kappa shape index (κ3) is 35.2. The van der Waals surface area contributed by atoms with Crippen molar-refractivity contribution in [1.82, 2.24) is 0 Å². The van der Waals surface area contributed by atoms with E-state index in [9.17, 15) is 14.7 Å². The van der Waals surface area contributed by atoms with E-state index in [0.29, 0.717) is 12.8 Å². The van der Waals surface area contributed by atoms with E-state index >= 15 is 0 Å². The molecule has 0 spiro atoms. The first-order valence-electron chi connectivity index (χ1n) is 19.9. The van der Waals surface area contributed by atoms with E-state index in [1.807, 2.05) is 0 Å². The SMILES string of the molecule is CCCCCC=CCC=CCCCCCCCCCC(=O)O[C@@H](CO)COC(=O)CCCCCCCCCCCCCCCCC. The lowest BCUT2D eigenvalue weighted by atomic mass is 10.0. The zero-order chi connectivity index (χ0) is 33.6. The van der Waals surface area contributed by atoms with Crippen molar-refractivity contribution in [1.29, 1.82) is 0 Å². The number of hydrogen-bond acceptors (Lipinski definition) is 5. The molecule has 1 N–H and O–H groups in total. The van der Waals surface area contributed by atoms with E-state index in [-0.39, 0.29) is 25.2 Å². The van der Waals surface area contributed by atoms with E-state index in [0.717, 1.165) is 51.4 Å². The predicted molar refractivity (Wildman–Crippen MR) is 196 cm³/mol. The summed E-state index contributed by atoms with van der Waals surface area (Å²) in [5.41, 5.74) is 0. The van der Waals surface area contributed by atoms with Gasteiger partial charge in [0.25, 0.3) is 0 Å². The molecule has 0 saturated carbocycles. The van der Waals surface area contributed by atoms with Gasteiger partial charge in [-0.1, -0.05) is 173 Å². The van der Waals surface area contributed by atoms with Crippen LogP contribution in [0.2, 0.25) is 0 Å². The topological polar surface area (TPSA) is 72.8 Å². The number of hydrogen-bond donors (Lipinski definition) is 1. The molecule has 0 aromatic heterocycles. The summed E-state index contributed by atoms with van der Waals surface area (Å²) in [4.78, 5) is 24.2. The van der Waals surface area contributed by atoms with Crippen molar-refractivity contribution < 1.29 is 24.2 Å². The summed E-state index contributed by atoms with van der Waals surface area (Å²) in [7, 11) is 0. The van der Waals surface area contributed by atoms with Crippen molar-refractivity contribution in [3.63, 3.8) is 0 Å². The molecule has 0 aliphatic heterocycles. The number of aliphatic hydroxyl groups excluding tert-OH is 1. The van der Waals surface area contributed by atoms with Gasteiger partial charge < -0.3 is 14.6 Å². The molecule has 0 radical (unpaired) electrons. The molecule has 270 valence electrons. The maximum Gasteiger partial charge on any atom is 0.306 e. The average molecular weight is 649 g/mol. The smallest absolute Gasteiger partial charge is 0.306 e. The number of unbranched alkanes of at least 4 members (excludes halogenated alkanes) is 24. The molecule has 5 nitrogen and oxygen atoms in total. The van der Waals surface area contributed by atoms with Crippen LogP contribution in [0.3, 0.4) is 0 Å². The van der Waals surface area contributed by atoms with Crippen LogP contribution >= 0.6 is 0 Å². The molecule has 0 aliphatic carbocycles. The van der Waals surface area contributed by atoms with Crippen LogP contribution in [-0.2, 0) is 19.1 Å². The Hall–Kier alpha value is -1.62. The molecule has 46 heavy (non-hydrogen) atoms. The van der Waals surface area contributed by atoms with Crippen LogP contribution in [0.1, 0.15) is 206 Å². The number of carbonyl (C=O) groups excluding carboxylic acids is 2. The van der Waals surface area contributed by atoms with Crippen LogP contribution in [0, 0.1) is 0 Å². The highest BCUT2D eigenvalue weighted by atomic mass is 16.6. The van der Waals surface area contributed by atoms with Crippen molar-refractivity contribution in [3.8, 4) is 0 Å². The van der Waals surface area contributed by atoms with Crippen LogP contribution in [-0.4, -0.2) is 36.4 Å². The molecule has 0 unspecified atom stereocenters. The van der Waals surface area contributed by atoms with Crippen molar-refractivity contribution in [2.45, 2.75) is 213 Å². The Balaban J connectivity index is 3.54. The number of ether oxygens (including phenoxy) is 2. The van der Waals surface area contributed by atoms with Gasteiger partial charge in [-0.2, -0.15) is 0 Å². The molecule has 1 atom stereocenters. The van der Waals surface area contributed by atoms with E-state index in [2.05, 4.69) is 38.2 Å². The van der Waals surface area contributed by atoms with Crippen LogP contribution in [0.15, 0.2) is 24.3 Å². The standard InChI is InChI=1S/C41H76O5/c1-3-5-7-9-11-13-15-17-19-20-22-24-26-28-30-32-34-36-41(44)46-39(37-42)38-45-40(43)35-33-31-29-27-25-23-21-18-16-14-12-10-8-6-4-2/h11,13,17,19,39,42H,3-10,12,14-16,18,20-38H2,1-2H3/t39-/m0/s1. The fourth-order valence-electron chi connectivity index (χ4n) is 5.70. The number of allylic oxidation sites excluding steroid dienone is 4. The molecular formula is C41H76O5. The number of esters is 2. The number of aliphatic hydroxyl groups is 1. The Labute approximate surface area is 285 Å². The Morgan fingerprint density at radius 3 is 1.33 bits per heavy atom. The lowest BCUT2D eigenvalue weighted by Gasteiger charge is -2.15. The summed E-state index contributed by atoms with van der Waals surface area (Å²) in [5, 5.41) is 9.55. The van der Waals surface area contributed by atoms with Crippen molar-refractivity contribution in [2.24, 2.45) is 0 Å². The normalized spacial score (nSPS) is 12.3. The molecular weight excluding hydrogens is 572 g/mol. The zero-order valence-electron chi connectivity index (χ0n) is 30.6. The maximum atomic E-state index is 12.2. The first-order valence-corrected chi connectivity index (χ1v) is 19.9. The molecule has 0 saturated heterocycles. The molecule has 0 aromatic rings. The average Bonchev–Trinajstić information content (AvgIpc) is 3.06. The largest absolute Gasteiger partial charge is 0.462 e. The maximum absolute atomic E-state index is 12.2. The van der Waals surface area contributed by atoms with E-state index in [1.54, 1.807) is 0 Å². The Bertz CT molecular complexity index is 701. The molecule has 0 fully saturated rings. The van der Waals surface area contributed by atoms with Gasteiger partial charge in [0.15, 0.2) is 6.10 Å². The summed E-state index contributed by atoms with van der Waals surface area (Å²) >= 11 is 0. The molecule has 0 aliphatic rings. The van der Waals surface area contributed by atoms with Crippen LogP contribution < -0.4 is 0 Å². The Morgan fingerprint density at radius 2 is 0.870 bits per heavy atom. The van der Waals surface area contributed by atoms with Crippen LogP contribution in [0.25, 0.3) is 0 Å². The number of carbonyl (C=O) groups is 2. The first kappa shape index (κ1) is 44.4. The molecule has 0 heterocycles. The molecule has 0 aromatic carbocycles. The fourth-order valence-corrected chi connectivity index (χ4v) is 5.70. The highest BCUT2D eigenvalue weighted by molar-refractivity contribution is 5.70. The van der Waals surface area contributed by atoms with Crippen molar-refractivity contribution in [2.75, 3.05) is 13.2 Å². The minimum absolute atomic E-state index is 0.0647. The van der Waals surface area contributed by atoms with Crippen molar-refractivity contribution >= 4 is 11.9 Å². The second-order valence-electron chi connectivity index (χ2n) is 13.4. The summed E-state index contributed by atoms with van der Waals surface area (Å²) in [6.07, 6.45) is 43.7. The third-order valence-electron chi connectivity index (χ3n) is 8.75. The molecule has 0 amide bonds. The summed E-state index contributed by atoms with van der Waals surface area (Å²) < 4.78 is 10.6. The Kier molecular flexibility index (Phi) is 36.5. The third-order valence-corrected chi connectivity index (χ3v) is 8.75. The summed E-state index contributed by atoms with van der Waals surface area (Å²) in [6.45, 7) is 4.12. The fraction of sp³-hybridized carbons (Fsp3) is 0.854. The zero-order valence-corrected chi connectivity index (χ0v) is 30.6. The van der Waals surface area contributed by atoms with Gasteiger partial charge in [-0.05, 0) is 44.9 Å². The van der Waals surface area contributed by atoms with Crippen LogP contribution in [0.5, 0.6) is 0 Å². The first-order chi connectivity index (χ1) is 22.6. The lowest BCUT2D eigenvalue weighted by molar-refractivity contribution is -0.161. The molecule has 0 rings (SSSR count). The van der Waals surface area contributed by atoms with Gasteiger partial charge in [-0.15, -0.1) is 0 Å². The van der Waals surface area contributed by atoms with Gasteiger partial charge in [0.2, 0.25) is 0 Å². The summed E-state index contributed by atoms with van der Waals surface area (Å²) in [5.74, 6) is -0.592. The van der Waals surface area contributed by atoms with Gasteiger partial charge in [-0.3, -0.25) is 9.59 Å². The quantitative estimate of drug-likeness (QED) is 0.0416. The van der Waals surface area contributed by atoms with E-state index < -0.39 is 6.10 Å². The highest BCUT2D eigenvalue weighted by Gasteiger charge is 2.16. The van der Waals surface area contributed by atoms with E-state index in [1.165, 1.54) is 128 Å². The second kappa shape index (κ2) is 37.8. The highest BCUT2D eigenvalue weighted by Crippen LogP contribution is 2.15. The Morgan fingerprint density at radius 1 is 0.500 bits per heavy atom. The minimum atomic E-state index is -0.770.